The smallest absolute Gasteiger partial charge is 0.356 e. The van der Waals surface area contributed by atoms with Crippen LogP contribution in [0.5, 0.6) is 0 Å². The summed E-state index contributed by atoms with van der Waals surface area (Å²) in [6.07, 6.45) is 5.54. The SMILES string of the molecule is CN=C(NCC1CCCC(C)C1)NC1CCN(S(=O)(=O)C(F)(F)F)CC1.I. The maximum atomic E-state index is 12.6. The molecule has 2 rings (SSSR count). The van der Waals surface area contributed by atoms with Crippen molar-refractivity contribution in [3.63, 3.8) is 0 Å². The van der Waals surface area contributed by atoms with Gasteiger partial charge in [-0.2, -0.15) is 17.5 Å². The summed E-state index contributed by atoms with van der Waals surface area (Å²) in [7, 11) is -3.57. The highest BCUT2D eigenvalue weighted by molar-refractivity contribution is 14.0. The Morgan fingerprint density at radius 2 is 1.81 bits per heavy atom. The first-order valence-electron chi connectivity index (χ1n) is 9.17. The van der Waals surface area contributed by atoms with Gasteiger partial charge in [0, 0.05) is 32.7 Å². The number of sulfonamides is 1. The molecule has 0 radical (unpaired) electrons. The van der Waals surface area contributed by atoms with Crippen molar-refractivity contribution in [3.8, 4) is 0 Å². The number of nitrogens with one attached hydrogen (secondary N) is 2. The van der Waals surface area contributed by atoms with E-state index in [0.717, 1.165) is 12.5 Å². The second-order valence-corrected chi connectivity index (χ2v) is 9.29. The number of alkyl halides is 3. The summed E-state index contributed by atoms with van der Waals surface area (Å²) < 4.78 is 61.2. The number of aliphatic imine (C=N–C) groups is 1. The number of piperidine rings is 1. The Bertz CT molecular complexity index is 593. The Morgan fingerprint density at radius 1 is 1.19 bits per heavy atom. The van der Waals surface area contributed by atoms with Crippen LogP contribution in [0.3, 0.4) is 0 Å². The number of halogens is 4. The van der Waals surface area contributed by atoms with Gasteiger partial charge in [0.1, 0.15) is 0 Å². The van der Waals surface area contributed by atoms with Gasteiger partial charge >= 0.3 is 15.5 Å². The number of rotatable bonds is 4. The standard InChI is InChI=1S/C16H29F3N4O2S.HI/c1-12-4-3-5-13(10-12)11-21-15(20-2)22-14-6-8-23(9-7-14)26(24,25)16(17,18)19;/h12-14H,3-11H2,1-2H3,(H2,20,21,22);1H. The van der Waals surface area contributed by atoms with Crippen molar-refractivity contribution in [2.45, 2.75) is 57.0 Å². The van der Waals surface area contributed by atoms with Crippen molar-refractivity contribution in [1.82, 2.24) is 14.9 Å². The molecular formula is C16H30F3IN4O2S. The molecule has 0 amide bonds. The largest absolute Gasteiger partial charge is 0.511 e. The van der Waals surface area contributed by atoms with Crippen molar-refractivity contribution in [3.05, 3.63) is 0 Å². The fourth-order valence-corrected chi connectivity index (χ4v) is 4.75. The predicted molar refractivity (Wildman–Crippen MR) is 111 cm³/mol. The molecule has 0 aromatic carbocycles. The number of nitrogens with zero attached hydrogens (tertiary/aromatic N) is 2. The molecule has 2 atom stereocenters. The molecule has 11 heteroatoms. The molecule has 2 N–H and O–H groups in total. The molecule has 0 spiro atoms. The van der Waals surface area contributed by atoms with Gasteiger partial charge in [-0.15, -0.1) is 24.0 Å². The molecule has 6 nitrogen and oxygen atoms in total. The third-order valence-electron chi connectivity index (χ3n) is 5.25. The summed E-state index contributed by atoms with van der Waals surface area (Å²) in [6, 6.07) is -0.0915. The zero-order chi connectivity index (χ0) is 19.4. The summed E-state index contributed by atoms with van der Waals surface area (Å²) in [5, 5.41) is 6.50. The zero-order valence-corrected chi connectivity index (χ0v) is 18.9. The van der Waals surface area contributed by atoms with E-state index >= 15 is 0 Å². The number of hydrogen-bond donors (Lipinski definition) is 2. The van der Waals surface area contributed by atoms with E-state index in [4.69, 9.17) is 0 Å². The first kappa shape index (κ1) is 24.7. The van der Waals surface area contributed by atoms with Crippen LogP contribution in [0, 0.1) is 11.8 Å². The fraction of sp³-hybridized carbons (Fsp3) is 0.938. The monoisotopic (exact) mass is 526 g/mol. The van der Waals surface area contributed by atoms with Gasteiger partial charge < -0.3 is 10.6 Å². The second-order valence-electron chi connectivity index (χ2n) is 7.36. The number of hydrogen-bond acceptors (Lipinski definition) is 3. The van der Waals surface area contributed by atoms with Crippen LogP contribution in [-0.2, 0) is 10.0 Å². The summed E-state index contributed by atoms with van der Waals surface area (Å²) in [5.74, 6) is 1.97. The Labute approximate surface area is 176 Å². The molecule has 1 aliphatic carbocycles. The van der Waals surface area contributed by atoms with Crippen LogP contribution in [0.2, 0.25) is 0 Å². The van der Waals surface area contributed by atoms with Gasteiger partial charge in [-0.1, -0.05) is 19.8 Å². The van der Waals surface area contributed by atoms with Gasteiger partial charge in [-0.25, -0.2) is 8.42 Å². The van der Waals surface area contributed by atoms with Crippen molar-refractivity contribution in [2.75, 3.05) is 26.7 Å². The van der Waals surface area contributed by atoms with Gasteiger partial charge in [0.15, 0.2) is 5.96 Å². The first-order chi connectivity index (χ1) is 12.1. The molecule has 2 aliphatic rings. The highest BCUT2D eigenvalue weighted by Crippen LogP contribution is 2.29. The van der Waals surface area contributed by atoms with Gasteiger partial charge in [0.2, 0.25) is 0 Å². The lowest BCUT2D eigenvalue weighted by Gasteiger charge is -2.33. The van der Waals surface area contributed by atoms with E-state index in [1.807, 2.05) is 0 Å². The van der Waals surface area contributed by atoms with Crippen LogP contribution < -0.4 is 10.6 Å². The molecule has 1 saturated carbocycles. The molecule has 0 bridgehead atoms. The van der Waals surface area contributed by atoms with Crippen LogP contribution in [-0.4, -0.2) is 56.9 Å². The summed E-state index contributed by atoms with van der Waals surface area (Å²) in [6.45, 7) is 2.81. The van der Waals surface area contributed by atoms with E-state index in [9.17, 15) is 21.6 Å². The highest BCUT2D eigenvalue weighted by atomic mass is 127. The average molecular weight is 526 g/mol. The van der Waals surface area contributed by atoms with Gasteiger partial charge in [-0.3, -0.25) is 4.99 Å². The molecule has 0 aromatic heterocycles. The third kappa shape index (κ3) is 6.91. The van der Waals surface area contributed by atoms with E-state index < -0.39 is 15.5 Å². The quantitative estimate of drug-likeness (QED) is 0.336. The molecule has 160 valence electrons. The summed E-state index contributed by atoms with van der Waals surface area (Å²) in [5.41, 5.74) is -5.23. The van der Waals surface area contributed by atoms with E-state index in [0.29, 0.717) is 29.0 Å². The lowest BCUT2D eigenvalue weighted by Crippen LogP contribution is -2.52. The maximum absolute atomic E-state index is 12.6. The molecule has 1 heterocycles. The van der Waals surface area contributed by atoms with Gasteiger partial charge in [-0.05, 0) is 37.5 Å². The van der Waals surface area contributed by atoms with Crippen LogP contribution in [0.1, 0.15) is 45.4 Å². The molecule has 1 saturated heterocycles. The van der Waals surface area contributed by atoms with Crippen LogP contribution in [0.4, 0.5) is 13.2 Å². The fourth-order valence-electron chi connectivity index (χ4n) is 3.76. The molecule has 0 aromatic rings. The van der Waals surface area contributed by atoms with E-state index in [1.54, 1.807) is 7.05 Å². The Hall–Kier alpha value is -0.300. The Morgan fingerprint density at radius 3 is 2.33 bits per heavy atom. The van der Waals surface area contributed by atoms with Crippen LogP contribution in [0.25, 0.3) is 0 Å². The average Bonchev–Trinajstić information content (AvgIpc) is 2.58. The normalized spacial score (nSPS) is 26.3. The molecule has 2 fully saturated rings. The third-order valence-corrected chi connectivity index (χ3v) is 6.88. The lowest BCUT2D eigenvalue weighted by atomic mass is 9.82. The molecule has 1 aliphatic heterocycles. The van der Waals surface area contributed by atoms with Crippen LogP contribution in [0.15, 0.2) is 4.99 Å². The first-order valence-corrected chi connectivity index (χ1v) is 10.6. The summed E-state index contributed by atoms with van der Waals surface area (Å²) in [4.78, 5) is 4.18. The number of guanidine groups is 1. The predicted octanol–water partition coefficient (Wildman–Crippen LogP) is 2.91. The van der Waals surface area contributed by atoms with Crippen molar-refractivity contribution >= 4 is 40.0 Å². The minimum Gasteiger partial charge on any atom is -0.356 e. The Balaban J connectivity index is 0.00000364. The van der Waals surface area contributed by atoms with Gasteiger partial charge in [0.25, 0.3) is 0 Å². The van der Waals surface area contributed by atoms with E-state index in [2.05, 4.69) is 22.5 Å². The topological polar surface area (TPSA) is 73.8 Å². The Kier molecular flexibility index (Phi) is 9.59. The van der Waals surface area contributed by atoms with Crippen LogP contribution >= 0.6 is 24.0 Å². The van der Waals surface area contributed by atoms with E-state index in [-0.39, 0.29) is 43.1 Å². The summed E-state index contributed by atoms with van der Waals surface area (Å²) >= 11 is 0. The van der Waals surface area contributed by atoms with Crippen molar-refractivity contribution in [1.29, 1.82) is 0 Å². The molecule has 27 heavy (non-hydrogen) atoms. The highest BCUT2D eigenvalue weighted by Gasteiger charge is 2.50. The zero-order valence-electron chi connectivity index (χ0n) is 15.8. The minimum atomic E-state index is -5.23. The van der Waals surface area contributed by atoms with Gasteiger partial charge in [0.05, 0.1) is 0 Å². The lowest BCUT2D eigenvalue weighted by molar-refractivity contribution is -0.0494. The minimum absolute atomic E-state index is 0. The van der Waals surface area contributed by atoms with Crippen molar-refractivity contribution < 1.29 is 21.6 Å². The second kappa shape index (κ2) is 10.5. The molecule has 2 unspecified atom stereocenters. The maximum Gasteiger partial charge on any atom is 0.511 e. The van der Waals surface area contributed by atoms with Crippen molar-refractivity contribution in [2.24, 2.45) is 16.8 Å². The molecular weight excluding hydrogens is 496 g/mol. The van der Waals surface area contributed by atoms with E-state index in [1.165, 1.54) is 25.7 Å².